The topological polar surface area (TPSA) is 77.8 Å². The highest BCUT2D eigenvalue weighted by atomic mass is 19.1. The molecular weight excluding hydrogens is 323 g/mol. The Bertz CT molecular complexity index is 658. The Morgan fingerprint density at radius 2 is 1.84 bits per heavy atom. The van der Waals surface area contributed by atoms with E-state index in [0.29, 0.717) is 24.8 Å². The first kappa shape index (κ1) is 17.6. The van der Waals surface area contributed by atoms with E-state index in [2.05, 4.69) is 0 Å². The van der Waals surface area contributed by atoms with Crippen LogP contribution in [-0.4, -0.2) is 44.6 Å². The molecule has 0 unspecified atom stereocenters. The number of alkyl halides is 1. The van der Waals surface area contributed by atoms with E-state index < -0.39 is 40.2 Å². The first-order valence-electron chi connectivity index (χ1n) is 9.50. The smallest absolute Gasteiger partial charge is 0.155 e. The molecule has 0 heterocycles. The van der Waals surface area contributed by atoms with Gasteiger partial charge in [0.2, 0.25) is 0 Å². The third-order valence-electron chi connectivity index (χ3n) is 8.63. The van der Waals surface area contributed by atoms with Crippen LogP contribution in [0.3, 0.4) is 0 Å². The average molecular weight is 352 g/mol. The highest BCUT2D eigenvalue weighted by molar-refractivity contribution is 5.92. The Balaban J connectivity index is 1.86. The van der Waals surface area contributed by atoms with Crippen molar-refractivity contribution in [1.29, 1.82) is 0 Å². The number of carbonyl (C=O) groups excluding carboxylic acids is 1. The summed E-state index contributed by atoms with van der Waals surface area (Å²) in [5.41, 5.74) is -3.95. The second-order valence-corrected chi connectivity index (χ2v) is 9.58. The molecule has 3 N–H and O–H groups in total. The quantitative estimate of drug-likeness (QED) is 0.625. The molecule has 0 amide bonds. The summed E-state index contributed by atoms with van der Waals surface area (Å²) < 4.78 is 16.7. The molecule has 0 radical (unpaired) electrons. The minimum absolute atomic E-state index is 0.0764. The van der Waals surface area contributed by atoms with Crippen LogP contribution < -0.4 is 0 Å². The number of hydrogen-bond acceptors (Lipinski definition) is 4. The van der Waals surface area contributed by atoms with Crippen molar-refractivity contribution in [3.8, 4) is 0 Å². The zero-order valence-corrected chi connectivity index (χ0v) is 15.3. The lowest BCUT2D eigenvalue weighted by atomic mass is 9.43. The summed E-state index contributed by atoms with van der Waals surface area (Å²) in [4.78, 5) is 11.9. The molecule has 3 saturated carbocycles. The summed E-state index contributed by atoms with van der Waals surface area (Å²) >= 11 is 0. The van der Waals surface area contributed by atoms with E-state index in [1.807, 2.05) is 6.92 Å². The maximum absolute atomic E-state index is 16.7. The number of rotatable bonds is 0. The number of aliphatic hydroxyl groups excluding tert-OH is 2. The molecule has 4 aliphatic rings. The van der Waals surface area contributed by atoms with Gasteiger partial charge >= 0.3 is 0 Å². The largest absolute Gasteiger partial charge is 0.390 e. The predicted octanol–water partition coefficient (Wildman–Crippen LogP) is 2.30. The number of aliphatic hydroxyl groups is 3. The second-order valence-electron chi connectivity index (χ2n) is 9.58. The minimum Gasteiger partial charge on any atom is -0.390 e. The highest BCUT2D eigenvalue weighted by Crippen LogP contribution is 2.70. The van der Waals surface area contributed by atoms with Crippen LogP contribution in [0.1, 0.15) is 59.3 Å². The molecule has 0 aromatic rings. The fraction of sp³-hybridized carbons (Fsp3) is 0.850. The number of fused-ring (bicyclic) bond motifs is 5. The standard InChI is InChI=1S/C20H29FO4/c1-17-6-4-11(22)8-14(17)15(23)9-13-12-5-7-19(3,25)18(12,2)10-16(24)20(13,17)21/h8,12-13,15-16,23-25H,4-7,9-10H2,1-3H3/t12-,13-,15+,16-,17-,18-,19-,20-/m0/s1. The van der Waals surface area contributed by atoms with Crippen molar-refractivity contribution in [1.82, 2.24) is 0 Å². The van der Waals surface area contributed by atoms with Crippen molar-refractivity contribution >= 4 is 5.78 Å². The van der Waals surface area contributed by atoms with Gasteiger partial charge in [0.15, 0.2) is 5.78 Å². The Morgan fingerprint density at radius 1 is 1.16 bits per heavy atom. The van der Waals surface area contributed by atoms with Crippen LogP contribution in [0.2, 0.25) is 0 Å². The van der Waals surface area contributed by atoms with E-state index in [1.165, 1.54) is 6.08 Å². The normalized spacial score (nSPS) is 58.2. The van der Waals surface area contributed by atoms with Gasteiger partial charge in [0.1, 0.15) is 5.67 Å². The van der Waals surface area contributed by atoms with Gasteiger partial charge in [-0.1, -0.05) is 13.8 Å². The van der Waals surface area contributed by atoms with E-state index in [1.54, 1.807) is 13.8 Å². The molecule has 0 bridgehead atoms. The van der Waals surface area contributed by atoms with Crippen LogP contribution in [0, 0.1) is 22.7 Å². The Kier molecular flexibility index (Phi) is 3.48. The lowest BCUT2D eigenvalue weighted by Crippen LogP contribution is -2.70. The number of hydrogen-bond donors (Lipinski definition) is 3. The van der Waals surface area contributed by atoms with E-state index in [0.717, 1.165) is 0 Å². The highest BCUT2D eigenvalue weighted by Gasteiger charge is 2.73. The molecule has 0 aliphatic heterocycles. The van der Waals surface area contributed by atoms with Crippen LogP contribution in [0.5, 0.6) is 0 Å². The lowest BCUT2D eigenvalue weighted by Gasteiger charge is -2.64. The van der Waals surface area contributed by atoms with Crippen molar-refractivity contribution < 1.29 is 24.5 Å². The Hall–Kier alpha value is -0.780. The first-order chi connectivity index (χ1) is 11.5. The average Bonchev–Trinajstić information content (AvgIpc) is 2.75. The van der Waals surface area contributed by atoms with Crippen LogP contribution in [0.25, 0.3) is 0 Å². The molecule has 25 heavy (non-hydrogen) atoms. The van der Waals surface area contributed by atoms with Crippen molar-refractivity contribution in [2.75, 3.05) is 0 Å². The zero-order valence-electron chi connectivity index (χ0n) is 15.3. The Labute approximate surface area is 148 Å². The van der Waals surface area contributed by atoms with Crippen LogP contribution >= 0.6 is 0 Å². The maximum atomic E-state index is 16.7. The number of halogens is 1. The van der Waals surface area contributed by atoms with E-state index in [-0.39, 0.29) is 31.0 Å². The summed E-state index contributed by atoms with van der Waals surface area (Å²) in [7, 11) is 0. The molecule has 4 aliphatic carbocycles. The molecule has 0 saturated heterocycles. The van der Waals surface area contributed by atoms with Gasteiger partial charge in [-0.15, -0.1) is 0 Å². The van der Waals surface area contributed by atoms with E-state index in [9.17, 15) is 20.1 Å². The summed E-state index contributed by atoms with van der Waals surface area (Å²) in [6, 6.07) is 0. The Morgan fingerprint density at radius 3 is 2.52 bits per heavy atom. The third-order valence-corrected chi connectivity index (χ3v) is 8.63. The van der Waals surface area contributed by atoms with E-state index >= 15 is 4.39 Å². The van der Waals surface area contributed by atoms with Crippen molar-refractivity contribution in [2.45, 2.75) is 82.8 Å². The third kappa shape index (κ3) is 1.90. The zero-order chi connectivity index (χ0) is 18.4. The molecule has 0 aromatic heterocycles. The van der Waals surface area contributed by atoms with Crippen LogP contribution in [0.15, 0.2) is 11.6 Å². The van der Waals surface area contributed by atoms with Gasteiger partial charge in [0, 0.05) is 23.2 Å². The SMILES string of the molecule is C[C@]1(O)CC[C@H]2[C@@H]3C[C@@H](O)C4=CC(=O)CC[C@]4(C)[C@@]3(F)[C@@H](O)C[C@@]21C. The molecule has 4 nitrogen and oxygen atoms in total. The summed E-state index contributed by atoms with van der Waals surface area (Å²) in [5.74, 6) is -0.672. The number of carbonyl (C=O) groups is 1. The van der Waals surface area contributed by atoms with Gasteiger partial charge in [0.25, 0.3) is 0 Å². The lowest BCUT2D eigenvalue weighted by molar-refractivity contribution is -0.234. The van der Waals surface area contributed by atoms with Crippen molar-refractivity contribution in [2.24, 2.45) is 22.7 Å². The molecule has 3 fully saturated rings. The predicted molar refractivity (Wildman–Crippen MR) is 90.5 cm³/mol. The fourth-order valence-electron chi connectivity index (χ4n) is 6.83. The van der Waals surface area contributed by atoms with Gasteiger partial charge in [-0.2, -0.15) is 0 Å². The molecule has 8 atom stereocenters. The molecule has 4 rings (SSSR count). The molecule has 5 heteroatoms. The van der Waals surface area contributed by atoms with Gasteiger partial charge in [-0.3, -0.25) is 4.79 Å². The van der Waals surface area contributed by atoms with Gasteiger partial charge < -0.3 is 15.3 Å². The summed E-state index contributed by atoms with van der Waals surface area (Å²) in [5, 5.41) is 32.6. The first-order valence-corrected chi connectivity index (χ1v) is 9.50. The molecule has 0 spiro atoms. The second kappa shape index (κ2) is 4.93. The minimum atomic E-state index is -1.87. The van der Waals surface area contributed by atoms with Gasteiger partial charge in [0.05, 0.1) is 17.8 Å². The van der Waals surface area contributed by atoms with Crippen LogP contribution in [0.4, 0.5) is 4.39 Å². The fourth-order valence-corrected chi connectivity index (χ4v) is 6.83. The van der Waals surface area contributed by atoms with Gasteiger partial charge in [-0.05, 0) is 56.6 Å². The number of ketones is 1. The van der Waals surface area contributed by atoms with Gasteiger partial charge in [-0.25, -0.2) is 4.39 Å². The van der Waals surface area contributed by atoms with E-state index in [4.69, 9.17) is 0 Å². The molecule has 140 valence electrons. The molecular formula is C20H29FO4. The maximum Gasteiger partial charge on any atom is 0.155 e. The van der Waals surface area contributed by atoms with Crippen LogP contribution in [-0.2, 0) is 4.79 Å². The monoisotopic (exact) mass is 352 g/mol. The van der Waals surface area contributed by atoms with Crippen molar-refractivity contribution in [3.05, 3.63) is 11.6 Å². The molecule has 0 aromatic carbocycles. The summed E-state index contributed by atoms with van der Waals surface area (Å²) in [6.45, 7) is 5.51. The van der Waals surface area contributed by atoms with Crippen molar-refractivity contribution in [3.63, 3.8) is 0 Å². The summed E-state index contributed by atoms with van der Waals surface area (Å²) in [6.07, 6.45) is 1.62.